The highest BCUT2D eigenvalue weighted by molar-refractivity contribution is 6.05. The number of esters is 1. The lowest BCUT2D eigenvalue weighted by molar-refractivity contribution is -0.464. The van der Waals surface area contributed by atoms with E-state index in [1.165, 1.54) is 6.92 Å². The van der Waals surface area contributed by atoms with Crippen LogP contribution in [0.2, 0.25) is 0 Å². The van der Waals surface area contributed by atoms with Crippen LogP contribution in [-0.2, 0) is 19.1 Å². The third-order valence-electron chi connectivity index (χ3n) is 9.48. The third kappa shape index (κ3) is 2.05. The SMILES string of the molecule is C=C1C(=O)[C@]23[C@H](O)[C@H]1CC[C@H]2[C@@]12CO[C@]3(O)[C@@H](O)[C@@H]1[C@](C)(COC(C)=O)[C@H](O)C[C@H]2O. The summed E-state index contributed by atoms with van der Waals surface area (Å²) in [5.41, 5.74) is -4.09. The number of aliphatic hydroxyl groups is 5. The summed E-state index contributed by atoms with van der Waals surface area (Å²) in [5.74, 6) is -5.72. The zero-order chi connectivity index (χ0) is 22.7. The van der Waals surface area contributed by atoms with Crippen molar-refractivity contribution in [3.8, 4) is 0 Å². The van der Waals surface area contributed by atoms with Gasteiger partial charge in [0.15, 0.2) is 5.78 Å². The first-order valence-electron chi connectivity index (χ1n) is 10.9. The predicted octanol–water partition coefficient (Wildman–Crippen LogP) is -1.11. The molecule has 172 valence electrons. The molecule has 6 aliphatic rings. The molecule has 0 radical (unpaired) electrons. The number of carbonyl (C=O) groups excluding carboxylic acids is 2. The summed E-state index contributed by atoms with van der Waals surface area (Å²) in [6.45, 7) is 6.34. The van der Waals surface area contributed by atoms with Crippen molar-refractivity contribution in [2.24, 2.45) is 34.0 Å². The topological polar surface area (TPSA) is 154 Å². The van der Waals surface area contributed by atoms with E-state index in [2.05, 4.69) is 6.58 Å². The maximum atomic E-state index is 13.5. The largest absolute Gasteiger partial charge is 0.465 e. The van der Waals surface area contributed by atoms with E-state index in [9.17, 15) is 35.1 Å². The summed E-state index contributed by atoms with van der Waals surface area (Å²) >= 11 is 0. The fraction of sp³-hybridized carbons (Fsp3) is 0.818. The van der Waals surface area contributed by atoms with Crippen molar-refractivity contribution in [2.75, 3.05) is 13.2 Å². The minimum Gasteiger partial charge on any atom is -0.465 e. The molecule has 5 N–H and O–H groups in total. The van der Waals surface area contributed by atoms with E-state index in [1.807, 2.05) is 0 Å². The van der Waals surface area contributed by atoms with Crippen LogP contribution in [0.4, 0.5) is 0 Å². The molecule has 9 nitrogen and oxygen atoms in total. The van der Waals surface area contributed by atoms with Gasteiger partial charge in [-0.15, -0.1) is 0 Å². The molecule has 0 amide bonds. The first-order valence-corrected chi connectivity index (χ1v) is 10.9. The molecular formula is C22H30O9. The monoisotopic (exact) mass is 438 g/mol. The molecule has 2 spiro atoms. The van der Waals surface area contributed by atoms with Gasteiger partial charge in [-0.1, -0.05) is 13.5 Å². The van der Waals surface area contributed by atoms with Gasteiger partial charge in [0.1, 0.15) is 11.5 Å². The number of fused-ring (bicyclic) bond motifs is 2. The van der Waals surface area contributed by atoms with Gasteiger partial charge in [-0.05, 0) is 24.3 Å². The van der Waals surface area contributed by atoms with Gasteiger partial charge in [0.25, 0.3) is 0 Å². The molecule has 6 fully saturated rings. The third-order valence-corrected chi connectivity index (χ3v) is 9.48. The van der Waals surface area contributed by atoms with Gasteiger partial charge >= 0.3 is 5.97 Å². The van der Waals surface area contributed by atoms with Gasteiger partial charge in [-0.2, -0.15) is 0 Å². The Morgan fingerprint density at radius 1 is 1.19 bits per heavy atom. The second-order valence-electron chi connectivity index (χ2n) is 10.5. The van der Waals surface area contributed by atoms with Crippen LogP contribution in [0.1, 0.15) is 33.1 Å². The Morgan fingerprint density at radius 2 is 1.87 bits per heavy atom. The molecule has 4 saturated carbocycles. The molecule has 4 aliphatic carbocycles. The Bertz CT molecular complexity index is 873. The number of ether oxygens (including phenoxy) is 2. The number of Topliss-reactive ketones (excluding diaryl/α,β-unsaturated/α-hetero) is 1. The fourth-order valence-corrected chi connectivity index (χ4v) is 8.14. The standard InChI is InChI=1S/C22H30O9/c1-9-11-4-5-12-20-8-31-22(29,21(12,16(9)26)17(11)27)18(28)15(20)19(3,7-30-10(2)23)13(24)6-14(20)25/h11-15,17-18,24-25,27-29H,1,4-8H2,2-3H3/t11-,12-,13+,14+,15+,17+,18-,19+,20+,21-,22+/m0/s1. The zero-order valence-corrected chi connectivity index (χ0v) is 17.7. The summed E-state index contributed by atoms with van der Waals surface area (Å²) in [7, 11) is 0. The van der Waals surface area contributed by atoms with E-state index < -0.39 is 76.0 Å². The van der Waals surface area contributed by atoms with Crippen LogP contribution in [0.3, 0.4) is 0 Å². The van der Waals surface area contributed by atoms with E-state index in [-0.39, 0.29) is 25.2 Å². The van der Waals surface area contributed by atoms with Crippen molar-refractivity contribution in [1.82, 2.24) is 0 Å². The van der Waals surface area contributed by atoms with Gasteiger partial charge in [-0.25, -0.2) is 0 Å². The highest BCUT2D eigenvalue weighted by Gasteiger charge is 2.87. The first kappa shape index (κ1) is 21.5. The molecule has 9 heteroatoms. The predicted molar refractivity (Wildman–Crippen MR) is 103 cm³/mol. The molecule has 4 bridgehead atoms. The maximum Gasteiger partial charge on any atom is 0.302 e. The van der Waals surface area contributed by atoms with E-state index in [0.717, 1.165) is 0 Å². The Kier molecular flexibility index (Phi) is 4.26. The number of hydrogen-bond acceptors (Lipinski definition) is 9. The fourth-order valence-electron chi connectivity index (χ4n) is 8.14. The molecule has 2 saturated heterocycles. The van der Waals surface area contributed by atoms with Crippen LogP contribution >= 0.6 is 0 Å². The highest BCUT2D eigenvalue weighted by Crippen LogP contribution is 2.76. The molecule has 0 aromatic heterocycles. The quantitative estimate of drug-likeness (QED) is 0.267. The molecule has 11 atom stereocenters. The van der Waals surface area contributed by atoms with Gasteiger partial charge in [0.2, 0.25) is 5.79 Å². The van der Waals surface area contributed by atoms with Crippen molar-refractivity contribution >= 4 is 11.8 Å². The van der Waals surface area contributed by atoms with E-state index in [1.54, 1.807) is 6.92 Å². The summed E-state index contributed by atoms with van der Waals surface area (Å²) in [6.07, 6.45) is -4.53. The molecule has 0 aromatic rings. The lowest BCUT2D eigenvalue weighted by Gasteiger charge is -2.75. The summed E-state index contributed by atoms with van der Waals surface area (Å²) in [4.78, 5) is 25.0. The summed E-state index contributed by atoms with van der Waals surface area (Å²) in [5, 5.41) is 56.8. The smallest absolute Gasteiger partial charge is 0.302 e. The van der Waals surface area contributed by atoms with Crippen LogP contribution < -0.4 is 0 Å². The van der Waals surface area contributed by atoms with Crippen LogP contribution in [-0.4, -0.2) is 80.7 Å². The van der Waals surface area contributed by atoms with Gasteiger partial charge < -0.3 is 35.0 Å². The number of rotatable bonds is 2. The number of ketones is 1. The number of carbonyl (C=O) groups is 2. The lowest BCUT2D eigenvalue weighted by Crippen LogP contribution is -2.87. The average Bonchev–Trinajstić information content (AvgIpc) is 2.81. The summed E-state index contributed by atoms with van der Waals surface area (Å²) in [6, 6.07) is 0. The van der Waals surface area contributed by atoms with Gasteiger partial charge in [-0.3, -0.25) is 9.59 Å². The van der Waals surface area contributed by atoms with Crippen molar-refractivity contribution in [3.63, 3.8) is 0 Å². The Morgan fingerprint density at radius 3 is 2.52 bits per heavy atom. The Labute approximate surface area is 179 Å². The molecular weight excluding hydrogens is 408 g/mol. The molecule has 31 heavy (non-hydrogen) atoms. The molecule has 6 rings (SSSR count). The molecule has 2 aliphatic heterocycles. The first-order chi connectivity index (χ1) is 14.4. The lowest BCUT2D eigenvalue weighted by atomic mass is 9.35. The van der Waals surface area contributed by atoms with E-state index >= 15 is 0 Å². The van der Waals surface area contributed by atoms with Crippen LogP contribution in [0.25, 0.3) is 0 Å². The Balaban J connectivity index is 1.73. The van der Waals surface area contributed by atoms with E-state index in [4.69, 9.17) is 9.47 Å². The number of aliphatic hydroxyl groups excluding tert-OH is 4. The van der Waals surface area contributed by atoms with Crippen molar-refractivity contribution in [1.29, 1.82) is 0 Å². The van der Waals surface area contributed by atoms with Crippen molar-refractivity contribution < 1.29 is 44.6 Å². The van der Waals surface area contributed by atoms with Crippen molar-refractivity contribution in [3.05, 3.63) is 12.2 Å². The second kappa shape index (κ2) is 6.15. The Hall–Kier alpha value is -1.36. The molecule has 0 unspecified atom stereocenters. The van der Waals surface area contributed by atoms with Crippen LogP contribution in [0, 0.1) is 34.0 Å². The summed E-state index contributed by atoms with van der Waals surface area (Å²) < 4.78 is 11.0. The number of hydrogen-bond donors (Lipinski definition) is 5. The minimum absolute atomic E-state index is 0.0794. The van der Waals surface area contributed by atoms with Crippen LogP contribution in [0.5, 0.6) is 0 Å². The van der Waals surface area contributed by atoms with E-state index in [0.29, 0.717) is 12.8 Å². The molecule has 2 heterocycles. The maximum absolute atomic E-state index is 13.5. The normalized spacial score (nSPS) is 57.5. The second-order valence-corrected chi connectivity index (χ2v) is 10.5. The van der Waals surface area contributed by atoms with Gasteiger partial charge in [0.05, 0.1) is 31.5 Å². The minimum atomic E-state index is -2.42. The van der Waals surface area contributed by atoms with Gasteiger partial charge in [0, 0.05) is 36.0 Å². The average molecular weight is 438 g/mol. The van der Waals surface area contributed by atoms with Crippen molar-refractivity contribution in [2.45, 2.75) is 63.3 Å². The zero-order valence-electron chi connectivity index (χ0n) is 17.7. The highest BCUT2D eigenvalue weighted by atomic mass is 16.6. The molecule has 0 aromatic carbocycles. The van der Waals surface area contributed by atoms with Crippen LogP contribution in [0.15, 0.2) is 12.2 Å².